The molecule has 0 aliphatic rings. The summed E-state index contributed by atoms with van der Waals surface area (Å²) < 4.78 is 171. The fraction of sp³-hybridized carbons (Fsp3) is 0.733. The predicted octanol–water partition coefficient (Wildman–Crippen LogP) is 3.00. The molecule has 0 saturated heterocycles. The van der Waals surface area contributed by atoms with E-state index in [1.807, 2.05) is 0 Å². The summed E-state index contributed by atoms with van der Waals surface area (Å²) in [7, 11) is -7.05. The van der Waals surface area contributed by atoms with E-state index in [1.165, 1.54) is 5.32 Å². The fourth-order valence-corrected chi connectivity index (χ4v) is 2.26. The zero-order valence-electron chi connectivity index (χ0n) is 17.2. The Hall–Kier alpha value is -2.15. The molecule has 0 fully saturated rings. The lowest BCUT2D eigenvalue weighted by Gasteiger charge is -2.36. The number of amides is 1. The maximum absolute atomic E-state index is 13.7. The highest BCUT2D eigenvalue weighted by Crippen LogP contribution is 2.42. The molecular formula is C15H16F10NO7S-. The van der Waals surface area contributed by atoms with Crippen molar-refractivity contribution < 1.29 is 75.9 Å². The van der Waals surface area contributed by atoms with E-state index >= 15 is 0 Å². The number of esters is 1. The molecule has 34 heavy (non-hydrogen) atoms. The van der Waals surface area contributed by atoms with Crippen molar-refractivity contribution >= 4 is 22.0 Å². The van der Waals surface area contributed by atoms with Gasteiger partial charge in [0.2, 0.25) is 0 Å². The van der Waals surface area contributed by atoms with Gasteiger partial charge in [-0.15, -0.1) is 0 Å². The van der Waals surface area contributed by atoms with Gasteiger partial charge in [-0.25, -0.2) is 13.2 Å². The summed E-state index contributed by atoms with van der Waals surface area (Å²) in [4.78, 5) is 23.8. The molecule has 200 valence electrons. The van der Waals surface area contributed by atoms with E-state index in [9.17, 15) is 66.5 Å². The Morgan fingerprint density at radius 1 is 0.941 bits per heavy atom. The van der Waals surface area contributed by atoms with Crippen LogP contribution in [0.15, 0.2) is 12.2 Å². The van der Waals surface area contributed by atoms with Gasteiger partial charge in [0.15, 0.2) is 10.1 Å². The zero-order chi connectivity index (χ0) is 27.8. The van der Waals surface area contributed by atoms with Crippen molar-refractivity contribution in [2.75, 3.05) is 6.61 Å². The predicted molar refractivity (Wildman–Crippen MR) is 88.1 cm³/mol. The molecule has 0 aromatic heterocycles. The van der Waals surface area contributed by atoms with Gasteiger partial charge in [0, 0.05) is 12.0 Å². The Bertz CT molecular complexity index is 906. The minimum atomic E-state index is -7.05. The highest BCUT2D eigenvalue weighted by Gasteiger charge is 2.68. The normalized spacial score (nSPS) is 15.9. The number of alkyl halides is 10. The molecule has 1 N–H and O–H groups in total. The van der Waals surface area contributed by atoms with Crippen LogP contribution in [-0.4, -0.2) is 66.3 Å². The van der Waals surface area contributed by atoms with Gasteiger partial charge in [-0.05, 0) is 20.8 Å². The number of rotatable bonds is 9. The second-order valence-corrected chi connectivity index (χ2v) is 8.88. The molecule has 0 aromatic carbocycles. The molecule has 0 heterocycles. The Kier molecular flexibility index (Phi) is 8.88. The SMILES string of the molecule is C=C(C(=O)OC(OCCC(F)(F)C(F)(F)S(=O)(=O)[O-])(C(=O)NC(C)(C)C)C(F)(F)F)C(F)(F)F. The Labute approximate surface area is 185 Å². The third-order valence-electron chi connectivity index (χ3n) is 3.45. The van der Waals surface area contributed by atoms with Crippen LogP contribution < -0.4 is 5.32 Å². The number of nitrogens with one attached hydrogen (secondary N) is 1. The average molecular weight is 544 g/mol. The zero-order valence-corrected chi connectivity index (χ0v) is 18.0. The van der Waals surface area contributed by atoms with Crippen LogP contribution in [0, 0.1) is 0 Å². The van der Waals surface area contributed by atoms with Crippen LogP contribution in [0.3, 0.4) is 0 Å². The maximum atomic E-state index is 13.7. The Morgan fingerprint density at radius 3 is 1.71 bits per heavy atom. The monoisotopic (exact) mass is 544 g/mol. The molecule has 0 radical (unpaired) electrons. The fourth-order valence-electron chi connectivity index (χ4n) is 1.79. The van der Waals surface area contributed by atoms with Crippen LogP contribution in [0.2, 0.25) is 0 Å². The van der Waals surface area contributed by atoms with Gasteiger partial charge >= 0.3 is 41.2 Å². The number of hydrogen-bond acceptors (Lipinski definition) is 7. The van der Waals surface area contributed by atoms with Gasteiger partial charge in [0.25, 0.3) is 0 Å². The third kappa shape index (κ3) is 7.17. The van der Waals surface area contributed by atoms with Crippen LogP contribution in [0.25, 0.3) is 0 Å². The number of carbonyl (C=O) groups is 2. The molecule has 19 heteroatoms. The largest absolute Gasteiger partial charge is 0.743 e. The second-order valence-electron chi connectivity index (χ2n) is 7.46. The Morgan fingerprint density at radius 2 is 1.38 bits per heavy atom. The highest BCUT2D eigenvalue weighted by molar-refractivity contribution is 7.86. The van der Waals surface area contributed by atoms with Crippen LogP contribution in [0.1, 0.15) is 27.2 Å². The van der Waals surface area contributed by atoms with E-state index in [0.717, 1.165) is 20.8 Å². The first-order valence-electron chi connectivity index (χ1n) is 8.36. The molecule has 0 saturated carbocycles. The lowest BCUT2D eigenvalue weighted by atomic mass is 10.1. The lowest BCUT2D eigenvalue weighted by Crippen LogP contribution is -2.64. The first-order valence-corrected chi connectivity index (χ1v) is 9.77. The quantitative estimate of drug-likeness (QED) is 0.156. The molecule has 0 aliphatic heterocycles. The van der Waals surface area contributed by atoms with Crippen LogP contribution >= 0.6 is 0 Å². The van der Waals surface area contributed by atoms with Gasteiger partial charge in [-0.1, -0.05) is 6.58 Å². The highest BCUT2D eigenvalue weighted by atomic mass is 32.2. The number of ether oxygens (including phenoxy) is 2. The number of halogens is 10. The smallest absolute Gasteiger partial charge is 0.466 e. The van der Waals surface area contributed by atoms with Crippen molar-refractivity contribution in [1.82, 2.24) is 5.32 Å². The summed E-state index contributed by atoms with van der Waals surface area (Å²) in [6.07, 6.45) is -14.7. The van der Waals surface area contributed by atoms with Crippen LogP contribution in [0.4, 0.5) is 43.9 Å². The van der Waals surface area contributed by atoms with Gasteiger partial charge in [0.05, 0.1) is 6.61 Å². The van der Waals surface area contributed by atoms with Crippen LogP contribution in [0.5, 0.6) is 0 Å². The van der Waals surface area contributed by atoms with Crippen LogP contribution in [-0.2, 0) is 29.2 Å². The molecule has 8 nitrogen and oxygen atoms in total. The van der Waals surface area contributed by atoms with Crippen molar-refractivity contribution in [2.45, 2.75) is 62.0 Å². The molecule has 1 atom stereocenters. The van der Waals surface area contributed by atoms with Crippen molar-refractivity contribution in [1.29, 1.82) is 0 Å². The first kappa shape index (κ1) is 31.9. The molecule has 1 amide bonds. The standard InChI is InChI=1S/C15H17F10NO7S/c1-7(13(18,19)20)8(27)33-12(14(21,22)23,9(28)26-10(2,3)4)32-6-5-11(16,17)15(24,25)34(29,30)31/h1,5-6H2,2-4H3,(H,26,28)(H,29,30,31)/p-1. The third-order valence-corrected chi connectivity index (χ3v) is 4.37. The maximum Gasteiger partial charge on any atom is 0.466 e. The molecular weight excluding hydrogens is 528 g/mol. The van der Waals surface area contributed by atoms with Gasteiger partial charge in [-0.2, -0.15) is 43.9 Å². The summed E-state index contributed by atoms with van der Waals surface area (Å²) in [5.41, 5.74) is -4.24. The minimum absolute atomic E-state index is 1.02. The summed E-state index contributed by atoms with van der Waals surface area (Å²) >= 11 is 0. The lowest BCUT2D eigenvalue weighted by molar-refractivity contribution is -0.350. The summed E-state index contributed by atoms with van der Waals surface area (Å²) in [6, 6.07) is 0. The van der Waals surface area contributed by atoms with E-state index in [-0.39, 0.29) is 0 Å². The number of hydrogen-bond donors (Lipinski definition) is 1. The van der Waals surface area contributed by atoms with E-state index < -0.39 is 75.5 Å². The van der Waals surface area contributed by atoms with Gasteiger partial charge in [0.1, 0.15) is 5.57 Å². The van der Waals surface area contributed by atoms with Gasteiger partial charge in [-0.3, -0.25) is 4.79 Å². The van der Waals surface area contributed by atoms with E-state index in [1.54, 1.807) is 0 Å². The molecule has 0 aromatic rings. The van der Waals surface area contributed by atoms with E-state index in [2.05, 4.69) is 16.1 Å². The summed E-state index contributed by atoms with van der Waals surface area (Å²) in [5.74, 6) is -16.5. The average Bonchev–Trinajstić information content (AvgIpc) is 2.55. The van der Waals surface area contributed by atoms with E-state index in [0.29, 0.717) is 0 Å². The van der Waals surface area contributed by atoms with E-state index in [4.69, 9.17) is 0 Å². The molecule has 0 bridgehead atoms. The molecule has 1 unspecified atom stereocenters. The Balaban J connectivity index is 6.37. The van der Waals surface area contributed by atoms with Gasteiger partial charge < -0.3 is 19.3 Å². The number of carbonyl (C=O) groups excluding carboxylic acids is 2. The van der Waals surface area contributed by atoms with Crippen molar-refractivity contribution in [2.24, 2.45) is 0 Å². The molecule has 0 spiro atoms. The summed E-state index contributed by atoms with van der Waals surface area (Å²) in [5, 5.41) is -4.86. The molecule has 0 rings (SSSR count). The first-order chi connectivity index (χ1) is 14.6. The summed E-state index contributed by atoms with van der Waals surface area (Å²) in [6.45, 7) is 2.83. The molecule has 0 aliphatic carbocycles. The van der Waals surface area contributed by atoms with Crippen molar-refractivity contribution in [3.63, 3.8) is 0 Å². The van der Waals surface area contributed by atoms with Crippen molar-refractivity contribution in [3.05, 3.63) is 12.2 Å². The topological polar surface area (TPSA) is 122 Å². The second kappa shape index (κ2) is 9.48. The minimum Gasteiger partial charge on any atom is -0.743 e. The van der Waals surface area contributed by atoms with Crippen molar-refractivity contribution in [3.8, 4) is 0 Å².